The van der Waals surface area contributed by atoms with Crippen LogP contribution in [0.1, 0.15) is 19.8 Å². The molecule has 0 radical (unpaired) electrons. The molecule has 0 N–H and O–H groups in total. The number of rotatable bonds is 6. The largest absolute Gasteiger partial charge is 0.391 e. The van der Waals surface area contributed by atoms with Crippen molar-refractivity contribution in [3.63, 3.8) is 0 Å². The summed E-state index contributed by atoms with van der Waals surface area (Å²) in [6, 6.07) is 0. The fraction of sp³-hybridized carbons (Fsp3) is 1.00. The maximum absolute atomic E-state index is 11.6. The minimum atomic E-state index is -4.34. The zero-order valence-corrected chi connectivity index (χ0v) is 8.49. The molecule has 0 fully saturated rings. The van der Waals surface area contributed by atoms with Crippen molar-refractivity contribution in [2.75, 3.05) is 13.2 Å². The van der Waals surface area contributed by atoms with E-state index in [1.165, 1.54) is 6.92 Å². The third-order valence-corrected chi connectivity index (χ3v) is 1.48. The summed E-state index contributed by atoms with van der Waals surface area (Å²) in [5.74, 6) is 0. The highest BCUT2D eigenvalue weighted by atomic mass is 19.4. The first-order chi connectivity index (χ1) is 7.10. The summed E-state index contributed by atoms with van der Waals surface area (Å²) < 4.78 is 78.9. The number of hydrogen-bond donors (Lipinski definition) is 0. The summed E-state index contributed by atoms with van der Waals surface area (Å²) in [7, 11) is 0. The lowest BCUT2D eigenvalue weighted by molar-refractivity contribution is -0.191. The van der Waals surface area contributed by atoms with E-state index >= 15 is 0 Å². The van der Waals surface area contributed by atoms with Gasteiger partial charge in [0.05, 0.1) is 26.1 Å². The van der Waals surface area contributed by atoms with E-state index in [1.807, 2.05) is 0 Å². The number of hydrogen-bond acceptors (Lipinski definition) is 2. The highest BCUT2D eigenvalue weighted by Crippen LogP contribution is 2.20. The molecule has 8 heteroatoms. The molecule has 0 heterocycles. The van der Waals surface area contributed by atoms with Crippen molar-refractivity contribution in [2.24, 2.45) is 0 Å². The van der Waals surface area contributed by atoms with Crippen molar-refractivity contribution in [1.29, 1.82) is 0 Å². The van der Waals surface area contributed by atoms with Gasteiger partial charge in [0.1, 0.15) is 0 Å². The summed E-state index contributed by atoms with van der Waals surface area (Å²) in [6.07, 6.45) is -12.1. The Morgan fingerprint density at radius 2 is 1.12 bits per heavy atom. The van der Waals surface area contributed by atoms with Crippen LogP contribution in [0.2, 0.25) is 0 Å². The average molecular weight is 254 g/mol. The van der Waals surface area contributed by atoms with Gasteiger partial charge in [-0.2, -0.15) is 26.3 Å². The van der Waals surface area contributed by atoms with Crippen molar-refractivity contribution in [2.45, 2.75) is 38.4 Å². The van der Waals surface area contributed by atoms with Gasteiger partial charge in [-0.25, -0.2) is 0 Å². The molecule has 0 amide bonds. The minimum Gasteiger partial charge on any atom is -0.353 e. The molecule has 0 bridgehead atoms. The standard InChI is InChI=1S/C8H12F6O2/c1-6(15-4-2-7(9,10)11)16-5-3-8(12,13)14/h6H,2-5H2,1H3. The topological polar surface area (TPSA) is 18.5 Å². The van der Waals surface area contributed by atoms with E-state index < -0.39 is 44.7 Å². The van der Waals surface area contributed by atoms with Crippen molar-refractivity contribution in [3.8, 4) is 0 Å². The van der Waals surface area contributed by atoms with Gasteiger partial charge < -0.3 is 9.47 Å². The van der Waals surface area contributed by atoms with E-state index in [0.717, 1.165) is 0 Å². The zero-order chi connectivity index (χ0) is 12.8. The van der Waals surface area contributed by atoms with Gasteiger partial charge in [0, 0.05) is 0 Å². The van der Waals surface area contributed by atoms with Crippen LogP contribution in [-0.2, 0) is 9.47 Å². The lowest BCUT2D eigenvalue weighted by Gasteiger charge is -2.15. The highest BCUT2D eigenvalue weighted by molar-refractivity contribution is 4.50. The average Bonchev–Trinajstić information content (AvgIpc) is 1.98. The summed E-state index contributed by atoms with van der Waals surface area (Å²) in [5.41, 5.74) is 0. The molecule has 16 heavy (non-hydrogen) atoms. The van der Waals surface area contributed by atoms with Crippen molar-refractivity contribution in [1.82, 2.24) is 0 Å². The summed E-state index contributed by atoms with van der Waals surface area (Å²) in [5, 5.41) is 0. The fourth-order valence-electron chi connectivity index (χ4n) is 0.729. The summed E-state index contributed by atoms with van der Waals surface area (Å²) in [6.45, 7) is -0.0138. The van der Waals surface area contributed by atoms with Crippen LogP contribution < -0.4 is 0 Å². The Morgan fingerprint density at radius 3 is 1.38 bits per heavy atom. The van der Waals surface area contributed by atoms with Gasteiger partial charge in [-0.1, -0.05) is 0 Å². The molecule has 0 aliphatic heterocycles. The first-order valence-corrected chi connectivity index (χ1v) is 4.47. The third-order valence-electron chi connectivity index (χ3n) is 1.48. The predicted octanol–water partition coefficient (Wildman–Crippen LogP) is 3.27. The molecular formula is C8H12F6O2. The van der Waals surface area contributed by atoms with Crippen LogP contribution in [0.3, 0.4) is 0 Å². The van der Waals surface area contributed by atoms with Gasteiger partial charge >= 0.3 is 12.4 Å². The molecule has 0 unspecified atom stereocenters. The lowest BCUT2D eigenvalue weighted by atomic mass is 10.4. The van der Waals surface area contributed by atoms with Crippen molar-refractivity contribution in [3.05, 3.63) is 0 Å². The normalized spacial score (nSPS) is 13.5. The van der Waals surface area contributed by atoms with E-state index in [0.29, 0.717) is 0 Å². The third kappa shape index (κ3) is 11.6. The van der Waals surface area contributed by atoms with E-state index in [-0.39, 0.29) is 0 Å². The van der Waals surface area contributed by atoms with Crippen molar-refractivity contribution >= 4 is 0 Å². The molecular weight excluding hydrogens is 242 g/mol. The smallest absolute Gasteiger partial charge is 0.353 e. The van der Waals surface area contributed by atoms with E-state index in [9.17, 15) is 26.3 Å². The lowest BCUT2D eigenvalue weighted by Crippen LogP contribution is -2.20. The molecule has 0 saturated heterocycles. The maximum Gasteiger partial charge on any atom is 0.391 e. The van der Waals surface area contributed by atoms with Gasteiger partial charge in [-0.15, -0.1) is 0 Å². The summed E-state index contributed by atoms with van der Waals surface area (Å²) >= 11 is 0. The SMILES string of the molecule is CC(OCCC(F)(F)F)OCCC(F)(F)F. The minimum absolute atomic E-state index is 0.628. The van der Waals surface area contributed by atoms with Crippen LogP contribution in [0, 0.1) is 0 Å². The molecule has 0 atom stereocenters. The Labute approximate surface area is 88.5 Å². The molecule has 0 spiro atoms. The maximum atomic E-state index is 11.6. The second kappa shape index (κ2) is 6.29. The van der Waals surface area contributed by atoms with Gasteiger partial charge in [-0.05, 0) is 6.92 Å². The Morgan fingerprint density at radius 1 is 0.812 bits per heavy atom. The Kier molecular flexibility index (Phi) is 6.09. The quantitative estimate of drug-likeness (QED) is 0.535. The van der Waals surface area contributed by atoms with E-state index in [4.69, 9.17) is 0 Å². The zero-order valence-electron chi connectivity index (χ0n) is 8.49. The Balaban J connectivity index is 3.49. The molecule has 2 nitrogen and oxygen atoms in total. The van der Waals surface area contributed by atoms with Crippen LogP contribution in [0.15, 0.2) is 0 Å². The van der Waals surface area contributed by atoms with Crippen LogP contribution >= 0.6 is 0 Å². The van der Waals surface area contributed by atoms with Gasteiger partial charge in [0.15, 0.2) is 6.29 Å². The monoisotopic (exact) mass is 254 g/mol. The van der Waals surface area contributed by atoms with Crippen LogP contribution in [-0.4, -0.2) is 31.9 Å². The Bertz CT molecular complexity index is 168. The van der Waals surface area contributed by atoms with Crippen molar-refractivity contribution < 1.29 is 35.8 Å². The molecule has 0 saturated carbocycles. The van der Waals surface area contributed by atoms with E-state index in [1.54, 1.807) is 0 Å². The second-order valence-corrected chi connectivity index (χ2v) is 3.04. The highest BCUT2D eigenvalue weighted by Gasteiger charge is 2.28. The molecule has 0 aromatic carbocycles. The molecule has 0 rings (SSSR count). The second-order valence-electron chi connectivity index (χ2n) is 3.04. The number of ether oxygens (including phenoxy) is 2. The Hall–Kier alpha value is -0.500. The molecule has 98 valence electrons. The summed E-state index contributed by atoms with van der Waals surface area (Å²) in [4.78, 5) is 0. The molecule has 0 aliphatic rings. The van der Waals surface area contributed by atoms with Gasteiger partial charge in [0.2, 0.25) is 0 Å². The first kappa shape index (κ1) is 15.5. The van der Waals surface area contributed by atoms with Crippen LogP contribution in [0.5, 0.6) is 0 Å². The van der Waals surface area contributed by atoms with E-state index in [2.05, 4.69) is 9.47 Å². The number of halogens is 6. The van der Waals surface area contributed by atoms with Gasteiger partial charge in [0.25, 0.3) is 0 Å². The van der Waals surface area contributed by atoms with Crippen LogP contribution in [0.4, 0.5) is 26.3 Å². The first-order valence-electron chi connectivity index (χ1n) is 4.47. The fourth-order valence-corrected chi connectivity index (χ4v) is 0.729. The molecule has 0 aromatic rings. The predicted molar refractivity (Wildman–Crippen MR) is 42.7 cm³/mol. The number of alkyl halides is 6. The molecule has 0 aliphatic carbocycles. The molecule has 0 aromatic heterocycles. The van der Waals surface area contributed by atoms with Gasteiger partial charge in [-0.3, -0.25) is 0 Å². The van der Waals surface area contributed by atoms with Crippen LogP contribution in [0.25, 0.3) is 0 Å².